The lowest BCUT2D eigenvalue weighted by molar-refractivity contribution is 0.0414. The number of nitrogens with one attached hydrogen (secondary N) is 1. The molecule has 4 rings (SSSR count). The lowest BCUT2D eigenvalue weighted by atomic mass is 9.96. The number of rotatable bonds is 5. The molecular weight excluding hydrogens is 478 g/mol. The highest BCUT2D eigenvalue weighted by Gasteiger charge is 2.27. The number of amides is 1. The van der Waals surface area contributed by atoms with E-state index >= 15 is 0 Å². The fourth-order valence-electron chi connectivity index (χ4n) is 4.27. The van der Waals surface area contributed by atoms with E-state index in [4.69, 9.17) is 4.74 Å². The van der Waals surface area contributed by atoms with Crippen LogP contribution in [0.3, 0.4) is 0 Å². The Morgan fingerprint density at radius 3 is 2.54 bits per heavy atom. The number of anilines is 1. The van der Waals surface area contributed by atoms with Gasteiger partial charge in [-0.05, 0) is 75.6 Å². The van der Waals surface area contributed by atoms with E-state index in [-0.39, 0.29) is 11.3 Å². The number of hydrogen-bond acceptors (Lipinski definition) is 6. The topological polar surface area (TPSA) is 75.0 Å². The summed E-state index contributed by atoms with van der Waals surface area (Å²) in [7, 11) is 0. The van der Waals surface area contributed by atoms with E-state index in [1.54, 1.807) is 45.0 Å². The molecule has 37 heavy (non-hydrogen) atoms. The Morgan fingerprint density at radius 2 is 1.92 bits per heavy atom. The standard InChI is InChI=1S/C27H32F2N6O2/c1-7-30-34-18(3)13-19(14-24(34)33-8-10-37-11-9-33)20-15-23(22(28)12-17(20)2)32-26(36)21-16-31-35(25(21)29)27(4,5)6/h7,12-16H,3,8-11H2,1-2,4-6H3,(H,32,36)/b30-7-. The Hall–Kier alpha value is -3.79. The summed E-state index contributed by atoms with van der Waals surface area (Å²) < 4.78 is 36.4. The van der Waals surface area contributed by atoms with Crippen molar-refractivity contribution in [3.8, 4) is 0 Å². The highest BCUT2D eigenvalue weighted by atomic mass is 19.1. The molecule has 196 valence electrons. The van der Waals surface area contributed by atoms with Crippen LogP contribution in [-0.4, -0.2) is 58.1 Å². The zero-order chi connectivity index (χ0) is 26.9. The van der Waals surface area contributed by atoms with Crippen LogP contribution in [-0.2, 0) is 10.3 Å². The molecule has 1 aromatic heterocycles. The number of hydrazone groups is 1. The normalized spacial score (nSPS) is 16.8. The zero-order valence-electron chi connectivity index (χ0n) is 21.8. The van der Waals surface area contributed by atoms with Gasteiger partial charge in [-0.25, -0.2) is 14.1 Å². The number of nitrogens with zero attached hydrogens (tertiary/aromatic N) is 5. The van der Waals surface area contributed by atoms with Gasteiger partial charge in [-0.3, -0.25) is 4.79 Å². The second kappa shape index (κ2) is 10.3. The van der Waals surface area contributed by atoms with Crippen molar-refractivity contribution < 1.29 is 18.3 Å². The summed E-state index contributed by atoms with van der Waals surface area (Å²) in [6, 6.07) is 2.91. The molecule has 0 saturated carbocycles. The number of carbonyl (C=O) groups excluding carboxylic acids is 1. The summed E-state index contributed by atoms with van der Waals surface area (Å²) in [5.41, 5.74) is 1.83. The van der Waals surface area contributed by atoms with Crippen LogP contribution in [0.1, 0.15) is 49.2 Å². The highest BCUT2D eigenvalue weighted by molar-refractivity contribution is 6.04. The molecule has 2 aliphatic rings. The minimum absolute atomic E-state index is 0.0599. The predicted octanol–water partition coefficient (Wildman–Crippen LogP) is 4.87. The molecule has 2 aliphatic heterocycles. The second-order valence-electron chi connectivity index (χ2n) is 9.91. The maximum Gasteiger partial charge on any atom is 0.262 e. The summed E-state index contributed by atoms with van der Waals surface area (Å²) in [6.07, 6.45) is 6.66. The number of ether oxygens (including phenoxy) is 1. The maximum absolute atomic E-state index is 14.9. The van der Waals surface area contributed by atoms with E-state index in [1.165, 1.54) is 6.07 Å². The minimum Gasteiger partial charge on any atom is -0.378 e. The SMILES string of the molecule is C=C1C=C(c2cc(NC(=O)c3cnn(C(C)(C)C)c3F)c(F)cc2C)C=C(N2CCOCC2)N1/N=C\C. The van der Waals surface area contributed by atoms with Crippen molar-refractivity contribution in [2.75, 3.05) is 31.6 Å². The minimum atomic E-state index is -0.781. The van der Waals surface area contributed by atoms with Crippen LogP contribution in [0, 0.1) is 18.7 Å². The molecule has 1 aromatic carbocycles. The third-order valence-electron chi connectivity index (χ3n) is 6.13. The van der Waals surface area contributed by atoms with Crippen LogP contribution in [0.5, 0.6) is 0 Å². The Bertz CT molecular complexity index is 1310. The lowest BCUT2D eigenvalue weighted by Crippen LogP contribution is -2.41. The van der Waals surface area contributed by atoms with Crippen molar-refractivity contribution in [2.45, 2.75) is 40.2 Å². The van der Waals surface area contributed by atoms with Crippen LogP contribution < -0.4 is 5.32 Å². The number of hydrogen-bond donors (Lipinski definition) is 1. The van der Waals surface area contributed by atoms with Gasteiger partial charge in [0.05, 0.1) is 36.3 Å². The van der Waals surface area contributed by atoms with Crippen molar-refractivity contribution in [3.63, 3.8) is 0 Å². The molecule has 0 aliphatic carbocycles. The molecule has 2 aromatic rings. The molecule has 8 nitrogen and oxygen atoms in total. The van der Waals surface area contributed by atoms with E-state index in [0.29, 0.717) is 43.1 Å². The number of aromatic nitrogens is 2. The largest absolute Gasteiger partial charge is 0.378 e. The first kappa shape index (κ1) is 26.3. The Kier molecular flexibility index (Phi) is 7.31. The van der Waals surface area contributed by atoms with Crippen molar-refractivity contribution in [1.82, 2.24) is 19.7 Å². The smallest absolute Gasteiger partial charge is 0.262 e. The number of allylic oxidation sites excluding steroid dienone is 3. The average Bonchev–Trinajstić information content (AvgIpc) is 3.24. The van der Waals surface area contributed by atoms with E-state index in [9.17, 15) is 13.6 Å². The maximum atomic E-state index is 14.9. The molecule has 1 N–H and O–H groups in total. The average molecular weight is 511 g/mol. The van der Waals surface area contributed by atoms with Gasteiger partial charge < -0.3 is 15.0 Å². The van der Waals surface area contributed by atoms with Gasteiger partial charge in [-0.15, -0.1) is 0 Å². The summed E-state index contributed by atoms with van der Waals surface area (Å²) in [5.74, 6) is -1.35. The molecule has 3 heterocycles. The first-order chi connectivity index (χ1) is 17.5. The Balaban J connectivity index is 1.69. The van der Waals surface area contributed by atoms with Gasteiger partial charge in [-0.2, -0.15) is 14.6 Å². The lowest BCUT2D eigenvalue weighted by Gasteiger charge is -2.37. The first-order valence-electron chi connectivity index (χ1n) is 12.1. The van der Waals surface area contributed by atoms with E-state index in [0.717, 1.165) is 22.3 Å². The van der Waals surface area contributed by atoms with Gasteiger partial charge in [0.15, 0.2) is 0 Å². The van der Waals surface area contributed by atoms with Crippen molar-refractivity contribution in [1.29, 1.82) is 0 Å². The van der Waals surface area contributed by atoms with Gasteiger partial charge in [0.25, 0.3) is 5.91 Å². The van der Waals surface area contributed by atoms with Gasteiger partial charge >= 0.3 is 0 Å². The molecule has 0 atom stereocenters. The monoisotopic (exact) mass is 510 g/mol. The number of halogens is 2. The first-order valence-corrected chi connectivity index (χ1v) is 12.1. The molecule has 0 bridgehead atoms. The van der Waals surface area contributed by atoms with Crippen LogP contribution >= 0.6 is 0 Å². The summed E-state index contributed by atoms with van der Waals surface area (Å²) >= 11 is 0. The van der Waals surface area contributed by atoms with E-state index in [2.05, 4.69) is 27.0 Å². The number of benzene rings is 1. The van der Waals surface area contributed by atoms with Crippen molar-refractivity contribution >= 4 is 23.4 Å². The van der Waals surface area contributed by atoms with Gasteiger partial charge in [0, 0.05) is 19.3 Å². The molecule has 0 unspecified atom stereocenters. The molecule has 1 fully saturated rings. The number of carbonyl (C=O) groups is 1. The van der Waals surface area contributed by atoms with Crippen LogP contribution in [0.25, 0.3) is 5.57 Å². The molecule has 10 heteroatoms. The van der Waals surface area contributed by atoms with E-state index < -0.39 is 23.2 Å². The van der Waals surface area contributed by atoms with Crippen molar-refractivity contribution in [3.05, 3.63) is 77.0 Å². The summed E-state index contributed by atoms with van der Waals surface area (Å²) in [5, 5.41) is 12.7. The summed E-state index contributed by atoms with van der Waals surface area (Å²) in [4.78, 5) is 15.0. The predicted molar refractivity (Wildman–Crippen MR) is 140 cm³/mol. The number of aryl methyl sites for hydroxylation is 1. The van der Waals surface area contributed by atoms with E-state index in [1.807, 2.05) is 19.1 Å². The number of morpholine rings is 1. The van der Waals surface area contributed by atoms with Gasteiger partial charge in [0.2, 0.25) is 5.95 Å². The fraction of sp³-hybridized carbons (Fsp3) is 0.370. The third kappa shape index (κ3) is 5.34. The quantitative estimate of drug-likeness (QED) is 0.581. The zero-order valence-corrected chi connectivity index (χ0v) is 21.8. The molecule has 0 radical (unpaired) electrons. The van der Waals surface area contributed by atoms with Crippen LogP contribution in [0.15, 0.2) is 53.7 Å². The van der Waals surface area contributed by atoms with Crippen LogP contribution in [0.2, 0.25) is 0 Å². The van der Waals surface area contributed by atoms with Gasteiger partial charge in [0.1, 0.15) is 17.2 Å². The second-order valence-corrected chi connectivity index (χ2v) is 9.91. The molecule has 1 saturated heterocycles. The fourth-order valence-corrected chi connectivity index (χ4v) is 4.27. The molecule has 1 amide bonds. The Morgan fingerprint density at radius 1 is 1.22 bits per heavy atom. The van der Waals surface area contributed by atoms with Crippen molar-refractivity contribution in [2.24, 2.45) is 5.10 Å². The molecular formula is C27H32F2N6O2. The van der Waals surface area contributed by atoms with Crippen LogP contribution in [0.4, 0.5) is 14.5 Å². The molecule has 0 spiro atoms. The van der Waals surface area contributed by atoms with Gasteiger partial charge in [-0.1, -0.05) is 6.58 Å². The highest BCUT2D eigenvalue weighted by Crippen LogP contribution is 2.34. The Labute approximate surface area is 215 Å². The third-order valence-corrected chi connectivity index (χ3v) is 6.13. The summed E-state index contributed by atoms with van der Waals surface area (Å²) in [6.45, 7) is 15.7.